The zero-order chi connectivity index (χ0) is 76.6. The van der Waals surface area contributed by atoms with Crippen LogP contribution in [0.1, 0.15) is 169 Å². The second-order valence-electron chi connectivity index (χ2n) is 31.8. The predicted octanol–water partition coefficient (Wildman–Crippen LogP) is 9.39. The highest BCUT2D eigenvalue weighted by Crippen LogP contribution is 2.67. The number of ketones is 4. The first-order chi connectivity index (χ1) is 49.3. The topological polar surface area (TPSA) is 316 Å². The second-order valence-corrected chi connectivity index (χ2v) is 31.8. The van der Waals surface area contributed by atoms with E-state index in [9.17, 15) is 68.1 Å². The van der Waals surface area contributed by atoms with Crippen LogP contribution in [-0.2, 0) is 93.9 Å². The lowest BCUT2D eigenvalue weighted by molar-refractivity contribution is -0.340. The SMILES string of the molecule is CC(=O)OC12COC1C[C@H](C)[C@@]1(C)C(=O)C(O)C3=C(C)C(=O)CC(O)(C(OC(=O)CCc4ccccc4)C21)C3(C)C.CC(=O)OC1C(=O)[C@@]2(C)C(C(OC(=O)CCc3ccccc3)C3(O)CC(=O)C(C)=C1C3(C)C)C1(OC(C)=O)COC1C[C@@H]2C.C[C@H]1C(=O)N(C(=O)c2ccccc2)C1c1ccccc1. The van der Waals surface area contributed by atoms with Crippen LogP contribution in [0.5, 0.6) is 0 Å². The number of benzene rings is 4. The van der Waals surface area contributed by atoms with E-state index < -0.39 is 170 Å². The lowest BCUT2D eigenvalue weighted by Crippen LogP contribution is -2.80. The van der Waals surface area contributed by atoms with Crippen molar-refractivity contribution in [2.75, 3.05) is 13.2 Å². The lowest BCUT2D eigenvalue weighted by atomic mass is 9.43. The molecule has 22 heteroatoms. The Kier molecular flexibility index (Phi) is 21.1. The number of imide groups is 1. The van der Waals surface area contributed by atoms with Crippen molar-refractivity contribution in [3.05, 3.63) is 166 Å². The quantitative estimate of drug-likeness (QED) is 0.0485. The zero-order valence-corrected chi connectivity index (χ0v) is 62.2. The van der Waals surface area contributed by atoms with Gasteiger partial charge in [-0.3, -0.25) is 57.6 Å². The van der Waals surface area contributed by atoms with E-state index in [2.05, 4.69) is 0 Å². The van der Waals surface area contributed by atoms with Crippen LogP contribution in [-0.4, -0.2) is 157 Å². The number of hydrogen-bond acceptors (Lipinski definition) is 21. The number of esters is 5. The van der Waals surface area contributed by atoms with E-state index in [0.29, 0.717) is 31.2 Å². The number of rotatable bonds is 13. The number of amides is 2. The van der Waals surface area contributed by atoms with Crippen molar-refractivity contribution in [1.29, 1.82) is 0 Å². The molecular weight excluding hydrogens is 1350 g/mol. The van der Waals surface area contributed by atoms with Crippen molar-refractivity contribution < 1.29 is 101 Å². The number of Topliss-reactive ketones (excluding diaryl/α,β-unsaturated/α-hetero) is 4. The van der Waals surface area contributed by atoms with Gasteiger partial charge in [0.05, 0.1) is 37.0 Å². The molecule has 105 heavy (non-hydrogen) atoms. The Morgan fingerprint density at radius 2 is 0.914 bits per heavy atom. The number of aliphatic hydroxyl groups excluding tert-OH is 1. The first-order valence-electron chi connectivity index (χ1n) is 36.3. The number of aryl methyl sites for hydroxylation is 2. The minimum atomic E-state index is -2.07. The van der Waals surface area contributed by atoms with Crippen molar-refractivity contribution in [3.63, 3.8) is 0 Å². The summed E-state index contributed by atoms with van der Waals surface area (Å²) in [6.07, 6.45) is -6.76. The van der Waals surface area contributed by atoms with Gasteiger partial charge in [0.2, 0.25) is 5.91 Å². The number of allylic oxidation sites excluding steroid dienone is 2. The Balaban J connectivity index is 0.000000168. The average Bonchev–Trinajstić information content (AvgIpc) is 0.674. The fourth-order valence-electron chi connectivity index (χ4n) is 19.1. The standard InChI is InChI=1S/C34H42O10.C32H40O9.C17H15NO2/c1-18-15-24-33(17-41-24,44-21(4)36)28-30(43-25(38)14-13-22-11-9-8-10-12-22)34(40)16-23(37)19(2)26(31(34,5)6)27(42-20(3)35)29(39)32(18,28)7;1-17-14-22-31(16-39-22,41-19(3)33)26-28(40-23(35)13-12-20-10-8-7-9-11-20)32(38)15-21(34)18(2)24(29(32,4)5)25(36)27(37)30(17,26)6;1-12-15(13-8-4-2-5-9-13)18(16(12)19)17(20)14-10-6-3-7-11-14/h8-12,18,24,27-28,30,40H,13-17H2,1-7H3;7-11,17,22,25-26,28,36,38H,12-16H2,1-6H3;2-12,15H,1H3/t18-,24?,27?,28?,30?,32+,33?,34?;17-,22?,25?,26?,28?,30+,31?,32?;12-,15?/m001/s1. The smallest absolute Gasteiger partial charge is 0.306 e. The largest absolute Gasteiger partial charge is 0.459 e. The normalized spacial score (nSPS) is 35.2. The van der Waals surface area contributed by atoms with Crippen LogP contribution in [0.15, 0.2) is 144 Å². The molecule has 3 N–H and O–H groups in total. The minimum Gasteiger partial charge on any atom is -0.459 e. The first-order valence-corrected chi connectivity index (χ1v) is 36.3. The minimum absolute atomic E-state index is 0.0112. The van der Waals surface area contributed by atoms with Gasteiger partial charge in [-0.1, -0.05) is 172 Å². The Bertz CT molecular complexity index is 4210. The third kappa shape index (κ3) is 12.7. The van der Waals surface area contributed by atoms with Gasteiger partial charge >= 0.3 is 29.8 Å². The fourth-order valence-corrected chi connectivity index (χ4v) is 19.1. The molecule has 4 aromatic rings. The maximum absolute atomic E-state index is 15.0. The summed E-state index contributed by atoms with van der Waals surface area (Å²) in [6, 6.07) is 37.3. The van der Waals surface area contributed by atoms with Crippen LogP contribution >= 0.6 is 0 Å². The first kappa shape index (κ1) is 77.4. The van der Waals surface area contributed by atoms with Gasteiger partial charge in [0, 0.05) is 73.7 Å². The van der Waals surface area contributed by atoms with Crippen molar-refractivity contribution in [2.45, 2.75) is 213 Å². The molecule has 560 valence electrons. The third-order valence-corrected chi connectivity index (χ3v) is 25.4. The molecule has 13 rings (SSSR count). The molecule has 22 nitrogen and oxygen atoms in total. The van der Waals surface area contributed by atoms with Gasteiger partial charge in [0.25, 0.3) is 5.91 Å². The van der Waals surface area contributed by atoms with Gasteiger partial charge in [-0.15, -0.1) is 0 Å². The number of carbonyl (C=O) groups is 11. The maximum atomic E-state index is 15.0. The van der Waals surface area contributed by atoms with Gasteiger partial charge in [0.1, 0.15) is 41.7 Å². The number of likely N-dealkylation sites (tertiary alicyclic amines) is 1. The molecule has 0 aromatic heterocycles. The Morgan fingerprint density at radius 3 is 1.31 bits per heavy atom. The summed E-state index contributed by atoms with van der Waals surface area (Å²) in [4.78, 5) is 147. The Morgan fingerprint density at radius 1 is 0.524 bits per heavy atom. The van der Waals surface area contributed by atoms with Crippen molar-refractivity contribution in [1.82, 2.24) is 4.90 Å². The van der Waals surface area contributed by atoms with Gasteiger partial charge in [-0.2, -0.15) is 0 Å². The molecule has 4 saturated carbocycles. The number of nitrogens with zero attached hydrogens (tertiary/aromatic N) is 1. The highest BCUT2D eigenvalue weighted by atomic mass is 16.6. The lowest BCUT2D eigenvalue weighted by Gasteiger charge is -2.67. The number of ether oxygens (including phenoxy) is 7. The molecule has 3 saturated heterocycles. The summed E-state index contributed by atoms with van der Waals surface area (Å²) in [5.41, 5.74) is -8.42. The molecule has 18 atom stereocenters. The van der Waals surface area contributed by atoms with Crippen LogP contribution in [0.3, 0.4) is 0 Å². The van der Waals surface area contributed by atoms with Gasteiger partial charge in [-0.25, -0.2) is 0 Å². The van der Waals surface area contributed by atoms with E-state index in [4.69, 9.17) is 33.2 Å². The molecule has 3 heterocycles. The molecule has 3 aliphatic heterocycles. The molecule has 6 aliphatic carbocycles. The van der Waals surface area contributed by atoms with Crippen LogP contribution in [0.2, 0.25) is 0 Å². The molecular formula is C83H97NO21. The Labute approximate surface area is 611 Å². The highest BCUT2D eigenvalue weighted by Gasteiger charge is 2.80. The molecule has 4 aromatic carbocycles. The molecule has 13 unspecified atom stereocenters. The maximum Gasteiger partial charge on any atom is 0.306 e. The number of hydrogen-bond donors (Lipinski definition) is 3. The summed E-state index contributed by atoms with van der Waals surface area (Å²) in [5, 5.41) is 37.3. The van der Waals surface area contributed by atoms with E-state index in [1.807, 2.05) is 118 Å². The average molecular weight is 1440 g/mol. The molecule has 4 bridgehead atoms. The number of carbonyl (C=O) groups excluding carboxylic acids is 11. The summed E-state index contributed by atoms with van der Waals surface area (Å²) in [5.74, 6) is -8.75. The van der Waals surface area contributed by atoms with E-state index >= 15 is 0 Å². The molecule has 2 amide bonds. The van der Waals surface area contributed by atoms with Crippen LogP contribution in [0, 0.1) is 51.2 Å². The summed E-state index contributed by atoms with van der Waals surface area (Å²) >= 11 is 0. The number of fused-ring (bicyclic) bond motifs is 10. The number of aliphatic hydroxyl groups is 3. The summed E-state index contributed by atoms with van der Waals surface area (Å²) in [7, 11) is 0. The van der Waals surface area contributed by atoms with Gasteiger partial charge < -0.3 is 48.5 Å². The van der Waals surface area contributed by atoms with Crippen LogP contribution in [0.4, 0.5) is 0 Å². The van der Waals surface area contributed by atoms with Crippen molar-refractivity contribution >= 4 is 64.8 Å². The number of β-lactam (4-membered cyclic amide) rings is 1. The summed E-state index contributed by atoms with van der Waals surface area (Å²) < 4.78 is 42.1. The fraction of sp³-hybridized carbons (Fsp3) is 0.530. The van der Waals surface area contributed by atoms with Crippen molar-refractivity contribution in [3.8, 4) is 0 Å². The second kappa shape index (κ2) is 28.6. The highest BCUT2D eigenvalue weighted by molar-refractivity contribution is 6.09. The summed E-state index contributed by atoms with van der Waals surface area (Å²) in [6.45, 7) is 22.2. The molecule has 7 fully saturated rings. The molecule has 0 spiro atoms. The Hall–Kier alpha value is -8.67. The van der Waals surface area contributed by atoms with Crippen molar-refractivity contribution in [2.24, 2.45) is 51.2 Å². The molecule has 0 radical (unpaired) electrons. The predicted molar refractivity (Wildman–Crippen MR) is 378 cm³/mol. The van der Waals surface area contributed by atoms with Gasteiger partial charge in [-0.05, 0) is 102 Å². The van der Waals surface area contributed by atoms with Crippen LogP contribution in [0.25, 0.3) is 0 Å². The van der Waals surface area contributed by atoms with E-state index in [-0.39, 0.29) is 72.1 Å². The van der Waals surface area contributed by atoms with E-state index in [0.717, 1.165) is 16.7 Å². The third-order valence-electron chi connectivity index (χ3n) is 25.4. The monoisotopic (exact) mass is 1440 g/mol. The molecule has 9 aliphatic rings. The van der Waals surface area contributed by atoms with Gasteiger partial charge in [0.15, 0.2) is 40.4 Å². The van der Waals surface area contributed by atoms with E-state index in [1.165, 1.54) is 25.7 Å². The van der Waals surface area contributed by atoms with Crippen LogP contribution < -0.4 is 0 Å². The zero-order valence-electron chi connectivity index (χ0n) is 62.2. The van der Waals surface area contributed by atoms with E-state index in [1.54, 1.807) is 79.7 Å².